The van der Waals surface area contributed by atoms with Gasteiger partial charge < -0.3 is 14.8 Å². The largest absolute Gasteiger partial charge is 0.350 e. The van der Waals surface area contributed by atoms with Gasteiger partial charge in [-0.1, -0.05) is 22.0 Å². The van der Waals surface area contributed by atoms with Gasteiger partial charge in [0, 0.05) is 54.6 Å². The van der Waals surface area contributed by atoms with Crippen molar-refractivity contribution in [2.75, 3.05) is 52.4 Å². The maximum absolute atomic E-state index is 12.8. The van der Waals surface area contributed by atoms with E-state index >= 15 is 0 Å². The molecule has 2 aliphatic heterocycles. The van der Waals surface area contributed by atoms with E-state index < -0.39 is 0 Å². The van der Waals surface area contributed by atoms with Crippen molar-refractivity contribution in [2.24, 2.45) is 0 Å². The van der Waals surface area contributed by atoms with Crippen LogP contribution >= 0.6 is 15.9 Å². The summed E-state index contributed by atoms with van der Waals surface area (Å²) in [4.78, 5) is 23.1. The van der Waals surface area contributed by atoms with Gasteiger partial charge in [-0.2, -0.15) is 0 Å². The van der Waals surface area contributed by atoms with E-state index in [2.05, 4.69) is 30.7 Å². The molecule has 2 fully saturated rings. The number of fused-ring (bicyclic) bond motifs is 1. The van der Waals surface area contributed by atoms with Crippen LogP contribution in [0.4, 0.5) is 0 Å². The standard InChI is InChI=1S/C19H25BrN4O/c20-16-4-3-15-13-18(21-17(15)14-16)19(25)24-11-9-23(10-12-24)8-7-22-5-1-2-6-22/h3-4,13-14,21H,1-2,5-12H2. The molecule has 2 saturated heterocycles. The number of hydrogen-bond donors (Lipinski definition) is 1. The number of carbonyl (C=O) groups excluding carboxylic acids is 1. The monoisotopic (exact) mass is 404 g/mol. The maximum atomic E-state index is 12.8. The third kappa shape index (κ3) is 3.91. The lowest BCUT2D eigenvalue weighted by Crippen LogP contribution is -2.50. The van der Waals surface area contributed by atoms with Crippen LogP contribution in [-0.4, -0.2) is 77.9 Å². The molecular formula is C19H25BrN4O. The molecule has 1 N–H and O–H groups in total. The molecule has 3 heterocycles. The first kappa shape index (κ1) is 17.1. The highest BCUT2D eigenvalue weighted by Gasteiger charge is 2.23. The Morgan fingerprint density at radius 2 is 1.64 bits per heavy atom. The van der Waals surface area contributed by atoms with Gasteiger partial charge >= 0.3 is 0 Å². The van der Waals surface area contributed by atoms with E-state index in [0.29, 0.717) is 5.69 Å². The summed E-state index contributed by atoms with van der Waals surface area (Å²) in [6, 6.07) is 8.01. The molecule has 1 aromatic carbocycles. The topological polar surface area (TPSA) is 42.6 Å². The zero-order chi connectivity index (χ0) is 17.2. The molecule has 25 heavy (non-hydrogen) atoms. The van der Waals surface area contributed by atoms with Crippen LogP contribution in [0.15, 0.2) is 28.7 Å². The van der Waals surface area contributed by atoms with Crippen molar-refractivity contribution in [3.05, 3.63) is 34.4 Å². The molecule has 2 aromatic rings. The third-order valence-corrected chi connectivity index (χ3v) is 5.90. The highest BCUT2D eigenvalue weighted by atomic mass is 79.9. The fraction of sp³-hybridized carbons (Fsp3) is 0.526. The number of carbonyl (C=O) groups is 1. The molecule has 0 bridgehead atoms. The molecule has 4 rings (SSSR count). The van der Waals surface area contributed by atoms with E-state index in [1.165, 1.54) is 32.5 Å². The zero-order valence-electron chi connectivity index (χ0n) is 14.5. The highest BCUT2D eigenvalue weighted by molar-refractivity contribution is 9.10. The highest BCUT2D eigenvalue weighted by Crippen LogP contribution is 2.21. The summed E-state index contributed by atoms with van der Waals surface area (Å²) in [5.74, 6) is 0.117. The molecule has 5 nitrogen and oxygen atoms in total. The second-order valence-electron chi connectivity index (χ2n) is 7.10. The minimum atomic E-state index is 0.117. The lowest BCUT2D eigenvalue weighted by Gasteiger charge is -2.35. The molecule has 0 atom stereocenters. The van der Waals surface area contributed by atoms with E-state index in [4.69, 9.17) is 0 Å². The first-order valence-electron chi connectivity index (χ1n) is 9.21. The number of likely N-dealkylation sites (tertiary alicyclic amines) is 1. The fourth-order valence-corrected chi connectivity index (χ4v) is 4.21. The van der Waals surface area contributed by atoms with Crippen LogP contribution in [0.1, 0.15) is 23.3 Å². The summed E-state index contributed by atoms with van der Waals surface area (Å²) in [6.45, 7) is 8.41. The minimum absolute atomic E-state index is 0.117. The SMILES string of the molecule is O=C(c1cc2ccc(Br)cc2[nH]1)N1CCN(CCN2CCCC2)CC1. The summed E-state index contributed by atoms with van der Waals surface area (Å²) >= 11 is 3.48. The molecule has 0 unspecified atom stereocenters. The predicted octanol–water partition coefficient (Wildman–Crippen LogP) is 2.78. The minimum Gasteiger partial charge on any atom is -0.350 e. The van der Waals surface area contributed by atoms with Crippen LogP contribution in [0.25, 0.3) is 10.9 Å². The molecular weight excluding hydrogens is 380 g/mol. The van der Waals surface area contributed by atoms with Crippen LogP contribution in [0.5, 0.6) is 0 Å². The number of nitrogens with one attached hydrogen (secondary N) is 1. The number of benzene rings is 1. The van der Waals surface area contributed by atoms with Gasteiger partial charge in [-0.25, -0.2) is 0 Å². The fourth-order valence-electron chi connectivity index (χ4n) is 3.85. The number of nitrogens with zero attached hydrogens (tertiary/aromatic N) is 3. The Morgan fingerprint density at radius 3 is 2.36 bits per heavy atom. The van der Waals surface area contributed by atoms with Crippen LogP contribution in [0.2, 0.25) is 0 Å². The number of amides is 1. The molecule has 6 heteroatoms. The quantitative estimate of drug-likeness (QED) is 0.851. The molecule has 2 aliphatic rings. The zero-order valence-corrected chi connectivity index (χ0v) is 16.1. The predicted molar refractivity (Wildman–Crippen MR) is 104 cm³/mol. The molecule has 0 spiro atoms. The third-order valence-electron chi connectivity index (χ3n) is 5.41. The van der Waals surface area contributed by atoms with E-state index in [1.807, 2.05) is 29.2 Å². The summed E-state index contributed by atoms with van der Waals surface area (Å²) in [6.07, 6.45) is 2.70. The van der Waals surface area contributed by atoms with E-state index in [9.17, 15) is 4.79 Å². The van der Waals surface area contributed by atoms with E-state index in [1.54, 1.807) is 0 Å². The van der Waals surface area contributed by atoms with Gasteiger partial charge in [0.05, 0.1) is 0 Å². The first-order chi connectivity index (χ1) is 12.2. The molecule has 0 radical (unpaired) electrons. The van der Waals surface area contributed by atoms with E-state index in [-0.39, 0.29) is 5.91 Å². The molecule has 0 aliphatic carbocycles. The number of halogens is 1. The number of rotatable bonds is 4. The van der Waals surface area contributed by atoms with E-state index in [0.717, 1.165) is 48.1 Å². The Labute approximate surface area is 157 Å². The molecule has 0 saturated carbocycles. The normalized spacial score (nSPS) is 19.8. The average molecular weight is 405 g/mol. The average Bonchev–Trinajstić information content (AvgIpc) is 3.29. The van der Waals surface area contributed by atoms with Crippen LogP contribution in [0.3, 0.4) is 0 Å². The van der Waals surface area contributed by atoms with Gasteiger partial charge in [0.2, 0.25) is 0 Å². The summed E-state index contributed by atoms with van der Waals surface area (Å²) in [5, 5.41) is 1.08. The Balaban J connectivity index is 1.32. The Kier molecular flexibility index (Phi) is 5.10. The Hall–Kier alpha value is -1.37. The number of H-pyrrole nitrogens is 1. The van der Waals surface area contributed by atoms with Crippen molar-refractivity contribution < 1.29 is 4.79 Å². The van der Waals surface area contributed by atoms with Crippen molar-refractivity contribution >= 4 is 32.7 Å². The summed E-state index contributed by atoms with van der Waals surface area (Å²) < 4.78 is 1.02. The van der Waals surface area contributed by atoms with Crippen LogP contribution in [-0.2, 0) is 0 Å². The Morgan fingerprint density at radius 1 is 0.960 bits per heavy atom. The number of hydrogen-bond acceptors (Lipinski definition) is 3. The number of aromatic nitrogens is 1. The summed E-state index contributed by atoms with van der Waals surface area (Å²) in [7, 11) is 0. The lowest BCUT2D eigenvalue weighted by molar-refractivity contribution is 0.0622. The Bertz CT molecular complexity index is 745. The number of aromatic amines is 1. The molecule has 1 aromatic heterocycles. The lowest BCUT2D eigenvalue weighted by atomic mass is 10.2. The van der Waals surface area contributed by atoms with Gasteiger partial charge in [-0.05, 0) is 44.1 Å². The number of piperazine rings is 1. The van der Waals surface area contributed by atoms with Crippen molar-refractivity contribution in [1.82, 2.24) is 19.7 Å². The van der Waals surface area contributed by atoms with Crippen molar-refractivity contribution in [3.8, 4) is 0 Å². The van der Waals surface area contributed by atoms with Gasteiger partial charge in [0.1, 0.15) is 5.69 Å². The van der Waals surface area contributed by atoms with Crippen LogP contribution < -0.4 is 0 Å². The second kappa shape index (κ2) is 7.48. The van der Waals surface area contributed by atoms with Gasteiger partial charge in [-0.3, -0.25) is 9.69 Å². The van der Waals surface area contributed by atoms with Crippen molar-refractivity contribution in [2.45, 2.75) is 12.8 Å². The second-order valence-corrected chi connectivity index (χ2v) is 8.01. The van der Waals surface area contributed by atoms with Crippen LogP contribution in [0, 0.1) is 0 Å². The molecule has 1 amide bonds. The first-order valence-corrected chi connectivity index (χ1v) is 10.0. The van der Waals surface area contributed by atoms with Gasteiger partial charge in [0.15, 0.2) is 0 Å². The molecule has 134 valence electrons. The summed E-state index contributed by atoms with van der Waals surface area (Å²) in [5.41, 5.74) is 1.69. The van der Waals surface area contributed by atoms with Gasteiger partial charge in [0.25, 0.3) is 5.91 Å². The van der Waals surface area contributed by atoms with Crippen molar-refractivity contribution in [1.29, 1.82) is 0 Å². The van der Waals surface area contributed by atoms with Crippen molar-refractivity contribution in [3.63, 3.8) is 0 Å². The smallest absolute Gasteiger partial charge is 0.270 e. The maximum Gasteiger partial charge on any atom is 0.270 e. The van der Waals surface area contributed by atoms with Gasteiger partial charge in [-0.15, -0.1) is 0 Å².